The first-order chi connectivity index (χ1) is 10.4. The molecule has 126 valence electrons. The van der Waals surface area contributed by atoms with E-state index in [0.717, 1.165) is 31.2 Å². The second kappa shape index (κ2) is 7.84. The van der Waals surface area contributed by atoms with E-state index in [0.29, 0.717) is 0 Å². The molecule has 1 saturated heterocycles. The maximum absolute atomic E-state index is 13.3. The van der Waals surface area contributed by atoms with Gasteiger partial charge in [0.05, 0.1) is 17.5 Å². The first kappa shape index (κ1) is 17.8. The molecule has 3 nitrogen and oxygen atoms in total. The molecular formula is C14H21F4N3S. The SMILES string of the molecule is N#CC1CCCC(SNC(C2CCC(F)CC2)C(F)(F)F)N1. The molecule has 0 aromatic heterocycles. The van der Waals surface area contributed by atoms with Gasteiger partial charge in [-0.2, -0.15) is 18.4 Å². The topological polar surface area (TPSA) is 47.9 Å². The zero-order valence-corrected chi connectivity index (χ0v) is 13.0. The van der Waals surface area contributed by atoms with Gasteiger partial charge in [-0.15, -0.1) is 0 Å². The Balaban J connectivity index is 1.89. The van der Waals surface area contributed by atoms with Crippen molar-refractivity contribution >= 4 is 11.9 Å². The Morgan fingerprint density at radius 3 is 2.41 bits per heavy atom. The second-order valence-corrected chi connectivity index (χ2v) is 7.08. The van der Waals surface area contributed by atoms with Crippen molar-refractivity contribution in [2.75, 3.05) is 0 Å². The third kappa shape index (κ3) is 5.00. The highest BCUT2D eigenvalue weighted by Gasteiger charge is 2.46. The Bertz CT molecular complexity index is 391. The minimum atomic E-state index is -4.34. The standard InChI is InChI=1S/C14H21F4N3S/c15-10-6-4-9(5-7-10)13(14(16,17)18)21-22-12-3-1-2-11(8-19)20-12/h9-13,20-21H,1-7H2. The number of nitrogens with one attached hydrogen (secondary N) is 2. The number of halogens is 4. The number of hydrogen-bond donors (Lipinski definition) is 2. The van der Waals surface area contributed by atoms with Gasteiger partial charge in [0.25, 0.3) is 0 Å². The minimum Gasteiger partial charge on any atom is -0.289 e. The van der Waals surface area contributed by atoms with Crippen molar-refractivity contribution in [2.45, 2.75) is 74.8 Å². The van der Waals surface area contributed by atoms with Crippen LogP contribution in [0, 0.1) is 17.2 Å². The van der Waals surface area contributed by atoms with Gasteiger partial charge in [0.1, 0.15) is 12.2 Å². The molecule has 3 unspecified atom stereocenters. The quantitative estimate of drug-likeness (QED) is 0.606. The normalized spacial score (nSPS) is 34.9. The van der Waals surface area contributed by atoms with E-state index in [1.54, 1.807) is 0 Å². The molecule has 2 N–H and O–H groups in total. The van der Waals surface area contributed by atoms with Crippen LogP contribution in [0.5, 0.6) is 0 Å². The molecule has 8 heteroatoms. The van der Waals surface area contributed by atoms with Crippen molar-refractivity contribution in [3.63, 3.8) is 0 Å². The van der Waals surface area contributed by atoms with E-state index in [2.05, 4.69) is 16.1 Å². The molecule has 0 radical (unpaired) electrons. The molecular weight excluding hydrogens is 318 g/mol. The van der Waals surface area contributed by atoms with Gasteiger partial charge in [0, 0.05) is 0 Å². The molecule has 1 aliphatic heterocycles. The summed E-state index contributed by atoms with van der Waals surface area (Å²) in [5.74, 6) is -0.574. The van der Waals surface area contributed by atoms with Gasteiger partial charge >= 0.3 is 6.18 Å². The van der Waals surface area contributed by atoms with Crippen molar-refractivity contribution in [2.24, 2.45) is 5.92 Å². The van der Waals surface area contributed by atoms with Gasteiger partial charge in [0.2, 0.25) is 0 Å². The van der Waals surface area contributed by atoms with Gasteiger partial charge in [-0.3, -0.25) is 10.0 Å². The van der Waals surface area contributed by atoms with Crippen molar-refractivity contribution < 1.29 is 17.6 Å². The zero-order valence-electron chi connectivity index (χ0n) is 12.2. The summed E-state index contributed by atoms with van der Waals surface area (Å²) in [5.41, 5.74) is 0. The van der Waals surface area contributed by atoms with Crippen LogP contribution in [0.15, 0.2) is 0 Å². The summed E-state index contributed by atoms with van der Waals surface area (Å²) >= 11 is 1.02. The van der Waals surface area contributed by atoms with Crippen LogP contribution in [0.4, 0.5) is 17.6 Å². The highest BCUT2D eigenvalue weighted by atomic mass is 32.2. The minimum absolute atomic E-state index is 0.194. The molecule has 3 atom stereocenters. The second-order valence-electron chi connectivity index (χ2n) is 6.03. The summed E-state index contributed by atoms with van der Waals surface area (Å²) in [4.78, 5) is 0. The summed E-state index contributed by atoms with van der Waals surface area (Å²) in [5, 5.41) is 11.7. The molecule has 1 saturated carbocycles. The van der Waals surface area contributed by atoms with Crippen LogP contribution in [0.2, 0.25) is 0 Å². The van der Waals surface area contributed by atoms with Crippen LogP contribution in [0.1, 0.15) is 44.9 Å². The average Bonchev–Trinajstić information content (AvgIpc) is 2.48. The summed E-state index contributed by atoms with van der Waals surface area (Å²) in [6, 6.07) is 0.195. The van der Waals surface area contributed by atoms with Gasteiger partial charge in [-0.1, -0.05) is 11.9 Å². The molecule has 2 aliphatic rings. The van der Waals surface area contributed by atoms with Crippen LogP contribution < -0.4 is 10.0 Å². The van der Waals surface area contributed by atoms with E-state index in [1.807, 2.05) is 0 Å². The lowest BCUT2D eigenvalue weighted by molar-refractivity contribution is -0.165. The monoisotopic (exact) mass is 339 g/mol. The number of nitrogens with zero attached hydrogens (tertiary/aromatic N) is 1. The van der Waals surface area contributed by atoms with E-state index in [4.69, 9.17) is 5.26 Å². The van der Waals surface area contributed by atoms with Crippen LogP contribution in [-0.4, -0.2) is 29.8 Å². The van der Waals surface area contributed by atoms with Crippen LogP contribution >= 0.6 is 11.9 Å². The molecule has 0 aromatic carbocycles. The third-order valence-corrected chi connectivity index (χ3v) is 5.41. The lowest BCUT2D eigenvalue weighted by atomic mass is 9.83. The lowest BCUT2D eigenvalue weighted by Gasteiger charge is -2.35. The molecule has 2 rings (SSSR count). The molecule has 1 aliphatic carbocycles. The number of hydrogen-bond acceptors (Lipinski definition) is 4. The van der Waals surface area contributed by atoms with E-state index in [1.165, 1.54) is 0 Å². The molecule has 2 fully saturated rings. The van der Waals surface area contributed by atoms with Crippen molar-refractivity contribution in [3.8, 4) is 6.07 Å². The Kier molecular flexibility index (Phi) is 6.36. The number of nitriles is 1. The molecule has 0 aromatic rings. The van der Waals surface area contributed by atoms with Gasteiger partial charge in [0.15, 0.2) is 0 Å². The summed E-state index contributed by atoms with van der Waals surface area (Å²) in [6.45, 7) is 0. The number of alkyl halides is 4. The fourth-order valence-corrected chi connectivity index (χ4v) is 4.24. The van der Waals surface area contributed by atoms with Gasteiger partial charge < -0.3 is 0 Å². The van der Waals surface area contributed by atoms with Crippen LogP contribution in [0.3, 0.4) is 0 Å². The van der Waals surface area contributed by atoms with E-state index < -0.39 is 24.3 Å². The Hall–Kier alpha value is -0.520. The largest absolute Gasteiger partial charge is 0.404 e. The fourth-order valence-electron chi connectivity index (χ4n) is 3.09. The first-order valence-corrected chi connectivity index (χ1v) is 8.55. The Labute approximate surface area is 132 Å². The number of piperidine rings is 1. The Morgan fingerprint density at radius 2 is 1.82 bits per heavy atom. The maximum Gasteiger partial charge on any atom is 0.404 e. The van der Waals surface area contributed by atoms with E-state index >= 15 is 0 Å². The van der Waals surface area contributed by atoms with Gasteiger partial charge in [-0.05, 0) is 50.9 Å². The van der Waals surface area contributed by atoms with E-state index in [9.17, 15) is 17.6 Å². The molecule has 0 amide bonds. The van der Waals surface area contributed by atoms with Crippen LogP contribution in [-0.2, 0) is 0 Å². The molecule has 1 heterocycles. The smallest absolute Gasteiger partial charge is 0.289 e. The van der Waals surface area contributed by atoms with Gasteiger partial charge in [-0.25, -0.2) is 4.39 Å². The van der Waals surface area contributed by atoms with Crippen LogP contribution in [0.25, 0.3) is 0 Å². The molecule has 0 spiro atoms. The summed E-state index contributed by atoms with van der Waals surface area (Å²) in [6.07, 6.45) is -2.07. The van der Waals surface area contributed by atoms with E-state index in [-0.39, 0.29) is 37.1 Å². The maximum atomic E-state index is 13.3. The van der Waals surface area contributed by atoms with Crippen molar-refractivity contribution in [3.05, 3.63) is 0 Å². The Morgan fingerprint density at radius 1 is 1.14 bits per heavy atom. The first-order valence-electron chi connectivity index (χ1n) is 7.67. The molecule has 0 bridgehead atoms. The van der Waals surface area contributed by atoms with Crippen molar-refractivity contribution in [1.29, 1.82) is 5.26 Å². The average molecular weight is 339 g/mol. The predicted octanol–water partition coefficient (Wildman–Crippen LogP) is 3.68. The summed E-state index contributed by atoms with van der Waals surface area (Å²) < 4.78 is 55.5. The highest BCUT2D eigenvalue weighted by molar-refractivity contribution is 7.98. The van der Waals surface area contributed by atoms with Crippen molar-refractivity contribution in [1.82, 2.24) is 10.0 Å². The fraction of sp³-hybridized carbons (Fsp3) is 0.929. The summed E-state index contributed by atoms with van der Waals surface area (Å²) in [7, 11) is 0. The lowest BCUT2D eigenvalue weighted by Crippen LogP contribution is -2.49. The zero-order chi connectivity index (χ0) is 16.2. The number of rotatable bonds is 4. The highest BCUT2D eigenvalue weighted by Crippen LogP contribution is 2.37. The molecule has 22 heavy (non-hydrogen) atoms. The third-order valence-electron chi connectivity index (χ3n) is 4.36. The predicted molar refractivity (Wildman–Crippen MR) is 77.6 cm³/mol.